The van der Waals surface area contributed by atoms with Crippen molar-refractivity contribution in [3.05, 3.63) is 33.8 Å². The van der Waals surface area contributed by atoms with Crippen molar-refractivity contribution in [1.82, 2.24) is 0 Å². The summed E-state index contributed by atoms with van der Waals surface area (Å²) in [5.41, 5.74) is 1.86. The van der Waals surface area contributed by atoms with E-state index < -0.39 is 0 Å². The second-order valence-corrected chi connectivity index (χ2v) is 5.11. The zero-order valence-corrected chi connectivity index (χ0v) is 9.31. The molecule has 1 aromatic rings. The van der Waals surface area contributed by atoms with Crippen LogP contribution >= 0.6 is 15.9 Å². The highest BCUT2D eigenvalue weighted by molar-refractivity contribution is 9.10. The molecular formula is C11H11BrO. The van der Waals surface area contributed by atoms with E-state index in [9.17, 15) is 4.79 Å². The summed E-state index contributed by atoms with van der Waals surface area (Å²) in [7, 11) is 0. The maximum absolute atomic E-state index is 11.8. The summed E-state index contributed by atoms with van der Waals surface area (Å²) in [6.07, 6.45) is 0.869. The third-order valence-corrected chi connectivity index (χ3v) is 3.06. The van der Waals surface area contributed by atoms with Gasteiger partial charge in [-0.1, -0.05) is 35.8 Å². The van der Waals surface area contributed by atoms with Gasteiger partial charge in [-0.05, 0) is 24.1 Å². The quantitative estimate of drug-likeness (QED) is 0.679. The predicted molar refractivity (Wildman–Crippen MR) is 56.0 cm³/mol. The number of fused-ring (bicyclic) bond motifs is 1. The Bertz CT molecular complexity index is 380. The minimum Gasteiger partial charge on any atom is -0.294 e. The first kappa shape index (κ1) is 8.95. The number of hydrogen-bond donors (Lipinski definition) is 0. The fourth-order valence-corrected chi connectivity index (χ4v) is 2.20. The van der Waals surface area contributed by atoms with Gasteiger partial charge in [-0.2, -0.15) is 0 Å². The van der Waals surface area contributed by atoms with Crippen molar-refractivity contribution in [1.29, 1.82) is 0 Å². The number of Topliss-reactive ketones (excluding diaryl/α,β-unsaturated/α-hetero) is 1. The Morgan fingerprint density at radius 1 is 1.38 bits per heavy atom. The molecule has 0 heterocycles. The average Bonchev–Trinajstić information content (AvgIpc) is 2.26. The van der Waals surface area contributed by atoms with Crippen LogP contribution in [0, 0.1) is 5.41 Å². The molecule has 0 atom stereocenters. The van der Waals surface area contributed by atoms with Crippen LogP contribution in [0.25, 0.3) is 0 Å². The van der Waals surface area contributed by atoms with Crippen molar-refractivity contribution in [3.63, 3.8) is 0 Å². The van der Waals surface area contributed by atoms with Gasteiger partial charge in [-0.25, -0.2) is 0 Å². The van der Waals surface area contributed by atoms with E-state index in [-0.39, 0.29) is 11.2 Å². The lowest BCUT2D eigenvalue weighted by Gasteiger charge is -2.12. The van der Waals surface area contributed by atoms with Gasteiger partial charge in [0.05, 0.1) is 0 Å². The van der Waals surface area contributed by atoms with Crippen LogP contribution in [0.5, 0.6) is 0 Å². The van der Waals surface area contributed by atoms with Crippen LogP contribution in [-0.2, 0) is 6.42 Å². The lowest BCUT2D eigenvalue weighted by atomic mass is 9.89. The zero-order valence-electron chi connectivity index (χ0n) is 7.73. The topological polar surface area (TPSA) is 17.1 Å². The number of benzene rings is 1. The van der Waals surface area contributed by atoms with Crippen LogP contribution in [0.3, 0.4) is 0 Å². The van der Waals surface area contributed by atoms with Crippen molar-refractivity contribution in [2.45, 2.75) is 20.3 Å². The Balaban J connectivity index is 2.57. The second kappa shape index (κ2) is 2.68. The van der Waals surface area contributed by atoms with Crippen molar-refractivity contribution >= 4 is 21.7 Å². The second-order valence-electron chi connectivity index (χ2n) is 4.19. The molecule has 0 saturated heterocycles. The molecule has 0 radical (unpaired) electrons. The normalized spacial score (nSPS) is 18.8. The molecule has 0 spiro atoms. The van der Waals surface area contributed by atoms with Crippen molar-refractivity contribution in [2.75, 3.05) is 0 Å². The minimum atomic E-state index is -0.205. The van der Waals surface area contributed by atoms with E-state index in [1.165, 1.54) is 5.56 Å². The van der Waals surface area contributed by atoms with E-state index in [4.69, 9.17) is 0 Å². The maximum Gasteiger partial charge on any atom is 0.169 e. The lowest BCUT2D eigenvalue weighted by molar-refractivity contribution is 0.0863. The molecule has 0 unspecified atom stereocenters. The summed E-state index contributed by atoms with van der Waals surface area (Å²) in [6, 6.07) is 5.95. The molecular weight excluding hydrogens is 228 g/mol. The molecule has 0 saturated carbocycles. The summed E-state index contributed by atoms with van der Waals surface area (Å²) < 4.78 is 0.984. The Hall–Kier alpha value is -0.630. The highest BCUT2D eigenvalue weighted by Crippen LogP contribution is 2.36. The van der Waals surface area contributed by atoms with Gasteiger partial charge in [0.1, 0.15) is 0 Å². The number of carbonyl (C=O) groups is 1. The van der Waals surface area contributed by atoms with Crippen molar-refractivity contribution in [3.8, 4) is 0 Å². The standard InChI is InChI=1S/C11H11BrO/c1-11(2)6-7-3-4-8(12)5-9(7)10(11)13/h3-5H,6H2,1-2H3. The maximum atomic E-state index is 11.8. The molecule has 0 aromatic heterocycles. The molecule has 1 aromatic carbocycles. The fraction of sp³-hybridized carbons (Fsp3) is 0.364. The molecule has 0 bridgehead atoms. The highest BCUT2D eigenvalue weighted by Gasteiger charge is 2.37. The predicted octanol–water partition coefficient (Wildman–Crippen LogP) is 3.21. The van der Waals surface area contributed by atoms with Gasteiger partial charge in [0.15, 0.2) is 5.78 Å². The number of hydrogen-bond acceptors (Lipinski definition) is 1. The van der Waals surface area contributed by atoms with Gasteiger partial charge >= 0.3 is 0 Å². The number of halogens is 1. The third-order valence-electron chi connectivity index (χ3n) is 2.56. The van der Waals surface area contributed by atoms with E-state index in [1.807, 2.05) is 32.0 Å². The van der Waals surface area contributed by atoms with Crippen LogP contribution in [0.15, 0.2) is 22.7 Å². The van der Waals surface area contributed by atoms with Gasteiger partial charge < -0.3 is 0 Å². The monoisotopic (exact) mass is 238 g/mol. The van der Waals surface area contributed by atoms with Gasteiger partial charge in [0, 0.05) is 15.5 Å². The van der Waals surface area contributed by atoms with Crippen LogP contribution in [0.2, 0.25) is 0 Å². The minimum absolute atomic E-state index is 0.205. The van der Waals surface area contributed by atoms with Gasteiger partial charge in [-0.3, -0.25) is 4.79 Å². The summed E-state index contributed by atoms with van der Waals surface area (Å²) in [5, 5.41) is 0. The molecule has 2 heteroatoms. The largest absolute Gasteiger partial charge is 0.294 e. The summed E-state index contributed by atoms with van der Waals surface area (Å²) in [5.74, 6) is 0.267. The smallest absolute Gasteiger partial charge is 0.169 e. The van der Waals surface area contributed by atoms with E-state index in [1.54, 1.807) is 0 Å². The molecule has 0 aliphatic heterocycles. The average molecular weight is 239 g/mol. The Labute approximate surface area is 86.3 Å². The Kier molecular flexibility index (Phi) is 1.84. The molecule has 1 aliphatic rings. The highest BCUT2D eigenvalue weighted by atomic mass is 79.9. The SMILES string of the molecule is CC1(C)Cc2ccc(Br)cc2C1=O. The summed E-state index contributed by atoms with van der Waals surface area (Å²) in [4.78, 5) is 11.8. The fourth-order valence-electron chi connectivity index (χ4n) is 1.84. The van der Waals surface area contributed by atoms with Crippen molar-refractivity contribution in [2.24, 2.45) is 5.41 Å². The van der Waals surface area contributed by atoms with Crippen LogP contribution in [-0.4, -0.2) is 5.78 Å². The van der Waals surface area contributed by atoms with Crippen LogP contribution in [0.4, 0.5) is 0 Å². The van der Waals surface area contributed by atoms with Gasteiger partial charge in [0.25, 0.3) is 0 Å². The van der Waals surface area contributed by atoms with E-state index in [2.05, 4.69) is 15.9 Å². The first-order valence-corrected chi connectivity index (χ1v) is 5.13. The molecule has 0 fully saturated rings. The molecule has 13 heavy (non-hydrogen) atoms. The molecule has 0 amide bonds. The van der Waals surface area contributed by atoms with Gasteiger partial charge in [-0.15, -0.1) is 0 Å². The number of carbonyl (C=O) groups excluding carboxylic acids is 1. The summed E-state index contributed by atoms with van der Waals surface area (Å²) in [6.45, 7) is 4.01. The molecule has 1 nitrogen and oxygen atoms in total. The van der Waals surface area contributed by atoms with E-state index in [0.717, 1.165) is 16.5 Å². The Morgan fingerprint density at radius 2 is 2.08 bits per heavy atom. The molecule has 68 valence electrons. The third kappa shape index (κ3) is 1.33. The Morgan fingerprint density at radius 3 is 2.77 bits per heavy atom. The number of ketones is 1. The molecule has 2 rings (SSSR count). The number of rotatable bonds is 0. The van der Waals surface area contributed by atoms with Crippen molar-refractivity contribution < 1.29 is 4.79 Å². The van der Waals surface area contributed by atoms with E-state index >= 15 is 0 Å². The zero-order chi connectivity index (χ0) is 9.64. The first-order chi connectivity index (χ1) is 6.00. The molecule has 1 aliphatic carbocycles. The van der Waals surface area contributed by atoms with E-state index in [0.29, 0.717) is 0 Å². The first-order valence-electron chi connectivity index (χ1n) is 4.34. The lowest BCUT2D eigenvalue weighted by Crippen LogP contribution is -2.18. The molecule has 0 N–H and O–H groups in total. The summed E-state index contributed by atoms with van der Waals surface area (Å²) >= 11 is 3.38. The van der Waals surface area contributed by atoms with Crippen LogP contribution in [0.1, 0.15) is 29.8 Å². The van der Waals surface area contributed by atoms with Gasteiger partial charge in [0.2, 0.25) is 0 Å². The van der Waals surface area contributed by atoms with Crippen LogP contribution < -0.4 is 0 Å².